The maximum absolute atomic E-state index is 11.5. The summed E-state index contributed by atoms with van der Waals surface area (Å²) < 4.78 is 5.64. The number of hydrogen-bond donors (Lipinski definition) is 3. The van der Waals surface area contributed by atoms with Crippen molar-refractivity contribution in [3.05, 3.63) is 10.8 Å². The number of ether oxygens (including phenoxy) is 1. The van der Waals surface area contributed by atoms with Crippen LogP contribution in [0, 0.1) is 0 Å². The van der Waals surface area contributed by atoms with Gasteiger partial charge in [0.05, 0.1) is 6.61 Å². The van der Waals surface area contributed by atoms with Gasteiger partial charge in [0.1, 0.15) is 22.4 Å². The van der Waals surface area contributed by atoms with Gasteiger partial charge in [-0.25, -0.2) is 9.97 Å². The molecule has 0 aliphatic heterocycles. The summed E-state index contributed by atoms with van der Waals surface area (Å²) >= 11 is 3.46. The molecule has 0 spiro atoms. The fourth-order valence-electron chi connectivity index (χ4n) is 1.54. The highest BCUT2D eigenvalue weighted by Gasteiger charge is 2.08. The van der Waals surface area contributed by atoms with Crippen molar-refractivity contribution >= 4 is 33.5 Å². The van der Waals surface area contributed by atoms with Gasteiger partial charge in [0, 0.05) is 33.2 Å². The van der Waals surface area contributed by atoms with Crippen LogP contribution in [-0.2, 0) is 9.53 Å². The highest BCUT2D eigenvalue weighted by molar-refractivity contribution is 9.10. The van der Waals surface area contributed by atoms with Gasteiger partial charge in [0.2, 0.25) is 5.91 Å². The van der Waals surface area contributed by atoms with E-state index in [1.165, 1.54) is 6.33 Å². The summed E-state index contributed by atoms with van der Waals surface area (Å²) in [5.41, 5.74) is 0. The number of aromatic nitrogens is 2. The zero-order valence-corrected chi connectivity index (χ0v) is 14.0. The van der Waals surface area contributed by atoms with Gasteiger partial charge in [-0.05, 0) is 22.4 Å². The van der Waals surface area contributed by atoms with Crippen LogP contribution >= 0.6 is 15.9 Å². The minimum absolute atomic E-state index is 0.0194. The van der Waals surface area contributed by atoms with Crippen molar-refractivity contribution in [3.8, 4) is 0 Å². The maximum Gasteiger partial charge on any atom is 0.221 e. The third kappa shape index (κ3) is 6.72. The lowest BCUT2D eigenvalue weighted by molar-refractivity contribution is -0.121. The molecule has 0 aliphatic carbocycles. The molecule has 118 valence electrons. The lowest BCUT2D eigenvalue weighted by atomic mass is 10.4. The van der Waals surface area contributed by atoms with Crippen LogP contribution in [0.5, 0.6) is 0 Å². The molecule has 1 aromatic rings. The van der Waals surface area contributed by atoms with Crippen molar-refractivity contribution in [1.82, 2.24) is 15.3 Å². The van der Waals surface area contributed by atoms with E-state index in [9.17, 15) is 4.79 Å². The van der Waals surface area contributed by atoms with E-state index in [-0.39, 0.29) is 5.91 Å². The molecule has 0 bridgehead atoms. The Balaban J connectivity index is 2.39. The largest absolute Gasteiger partial charge is 0.383 e. The molecule has 0 saturated heterocycles. The van der Waals surface area contributed by atoms with E-state index in [0.29, 0.717) is 31.9 Å². The molecule has 1 amide bonds. The molecule has 8 heteroatoms. The SMILES string of the molecule is CCCNc1ncnc(NCCC(=O)NCCOC)c1Br. The van der Waals surface area contributed by atoms with Crippen molar-refractivity contribution < 1.29 is 9.53 Å². The van der Waals surface area contributed by atoms with Crippen LogP contribution in [0.25, 0.3) is 0 Å². The van der Waals surface area contributed by atoms with E-state index in [1.807, 2.05) is 0 Å². The number of hydrogen-bond acceptors (Lipinski definition) is 6. The number of rotatable bonds is 10. The van der Waals surface area contributed by atoms with E-state index in [0.717, 1.165) is 23.3 Å². The van der Waals surface area contributed by atoms with Crippen molar-refractivity contribution in [2.45, 2.75) is 19.8 Å². The molecule has 0 aliphatic rings. The number of nitrogens with zero attached hydrogens (tertiary/aromatic N) is 2. The Kier molecular flexibility index (Phi) is 8.68. The molecule has 0 unspecified atom stereocenters. The fraction of sp³-hybridized carbons (Fsp3) is 0.615. The van der Waals surface area contributed by atoms with E-state index < -0.39 is 0 Å². The van der Waals surface area contributed by atoms with Gasteiger partial charge in [-0.2, -0.15) is 0 Å². The Morgan fingerprint density at radius 2 is 1.90 bits per heavy atom. The van der Waals surface area contributed by atoms with Crippen LogP contribution in [0.3, 0.4) is 0 Å². The van der Waals surface area contributed by atoms with Crippen LogP contribution in [-0.4, -0.2) is 49.2 Å². The summed E-state index contributed by atoms with van der Waals surface area (Å²) in [5, 5.41) is 9.09. The summed E-state index contributed by atoms with van der Waals surface area (Å²) in [6.07, 6.45) is 2.88. The van der Waals surface area contributed by atoms with Crippen molar-refractivity contribution in [1.29, 1.82) is 0 Å². The minimum atomic E-state index is -0.0194. The molecular weight excluding hydrogens is 338 g/mol. The molecule has 0 atom stereocenters. The van der Waals surface area contributed by atoms with Gasteiger partial charge in [0.15, 0.2) is 0 Å². The number of halogens is 1. The highest BCUT2D eigenvalue weighted by Crippen LogP contribution is 2.26. The first-order chi connectivity index (χ1) is 10.2. The molecule has 1 heterocycles. The van der Waals surface area contributed by atoms with Crippen LogP contribution in [0.2, 0.25) is 0 Å². The fourth-order valence-corrected chi connectivity index (χ4v) is 2.02. The molecule has 0 radical (unpaired) electrons. The van der Waals surface area contributed by atoms with E-state index in [2.05, 4.69) is 48.8 Å². The average molecular weight is 360 g/mol. The number of anilines is 2. The third-order valence-electron chi connectivity index (χ3n) is 2.60. The van der Waals surface area contributed by atoms with E-state index >= 15 is 0 Å². The molecule has 7 nitrogen and oxygen atoms in total. The highest BCUT2D eigenvalue weighted by atomic mass is 79.9. The molecule has 3 N–H and O–H groups in total. The first kappa shape index (κ1) is 17.6. The van der Waals surface area contributed by atoms with Crippen LogP contribution in [0.15, 0.2) is 10.8 Å². The Labute approximate surface area is 133 Å². The normalized spacial score (nSPS) is 10.2. The second-order valence-corrected chi connectivity index (χ2v) is 5.12. The molecule has 0 fully saturated rings. The van der Waals surface area contributed by atoms with E-state index in [4.69, 9.17) is 4.74 Å². The predicted molar refractivity (Wildman–Crippen MR) is 86.5 cm³/mol. The van der Waals surface area contributed by atoms with Gasteiger partial charge in [-0.1, -0.05) is 6.92 Å². The van der Waals surface area contributed by atoms with Crippen LogP contribution < -0.4 is 16.0 Å². The van der Waals surface area contributed by atoms with Crippen molar-refractivity contribution in [3.63, 3.8) is 0 Å². The monoisotopic (exact) mass is 359 g/mol. The smallest absolute Gasteiger partial charge is 0.221 e. The summed E-state index contributed by atoms with van der Waals surface area (Å²) in [4.78, 5) is 19.9. The average Bonchev–Trinajstić information content (AvgIpc) is 2.48. The maximum atomic E-state index is 11.5. The van der Waals surface area contributed by atoms with Gasteiger partial charge in [0.25, 0.3) is 0 Å². The first-order valence-corrected chi connectivity index (χ1v) is 7.72. The molecule has 0 saturated carbocycles. The molecule has 21 heavy (non-hydrogen) atoms. The molecule has 1 rings (SSSR count). The number of carbonyl (C=O) groups is 1. The third-order valence-corrected chi connectivity index (χ3v) is 3.36. The predicted octanol–water partition coefficient (Wildman–Crippen LogP) is 1.63. The Hall–Kier alpha value is -1.41. The van der Waals surface area contributed by atoms with E-state index in [1.54, 1.807) is 7.11 Å². The van der Waals surface area contributed by atoms with Crippen LogP contribution in [0.1, 0.15) is 19.8 Å². The molecule has 1 aromatic heterocycles. The summed E-state index contributed by atoms with van der Waals surface area (Å²) in [6, 6.07) is 0. The lowest BCUT2D eigenvalue weighted by Crippen LogP contribution is -2.28. The molecular formula is C13H22BrN5O2. The number of nitrogens with one attached hydrogen (secondary N) is 3. The minimum Gasteiger partial charge on any atom is -0.383 e. The summed E-state index contributed by atoms with van der Waals surface area (Å²) in [6.45, 7) is 4.47. The molecule has 0 aromatic carbocycles. The topological polar surface area (TPSA) is 88.2 Å². The zero-order chi connectivity index (χ0) is 15.5. The standard InChI is InChI=1S/C13H22BrN5O2/c1-3-5-16-12-11(14)13(19-9-18-12)17-6-4-10(20)15-7-8-21-2/h9H,3-8H2,1-2H3,(H,15,20)(H2,16,17,18,19). The second kappa shape index (κ2) is 10.3. The summed E-state index contributed by atoms with van der Waals surface area (Å²) in [7, 11) is 1.60. The Morgan fingerprint density at radius 3 is 2.52 bits per heavy atom. The van der Waals surface area contributed by atoms with Gasteiger partial charge in [-0.15, -0.1) is 0 Å². The summed E-state index contributed by atoms with van der Waals surface area (Å²) in [5.74, 6) is 1.40. The van der Waals surface area contributed by atoms with Gasteiger partial charge < -0.3 is 20.7 Å². The van der Waals surface area contributed by atoms with Gasteiger partial charge in [-0.3, -0.25) is 4.79 Å². The number of carbonyl (C=O) groups excluding carboxylic acids is 1. The zero-order valence-electron chi connectivity index (χ0n) is 12.4. The van der Waals surface area contributed by atoms with Crippen molar-refractivity contribution in [2.75, 3.05) is 44.0 Å². The number of methoxy groups -OCH3 is 1. The number of amides is 1. The quantitative estimate of drug-likeness (QED) is 0.550. The first-order valence-electron chi connectivity index (χ1n) is 6.92. The van der Waals surface area contributed by atoms with Gasteiger partial charge >= 0.3 is 0 Å². The second-order valence-electron chi connectivity index (χ2n) is 4.33. The van der Waals surface area contributed by atoms with Crippen LogP contribution in [0.4, 0.5) is 11.6 Å². The Bertz CT molecular complexity index is 445. The Morgan fingerprint density at radius 1 is 1.24 bits per heavy atom. The lowest BCUT2D eigenvalue weighted by Gasteiger charge is -2.11. The van der Waals surface area contributed by atoms with Crippen molar-refractivity contribution in [2.24, 2.45) is 0 Å².